The molecule has 0 atom stereocenters. The standard InChI is InChI=1S/C18H24OSi/c1-19-20(2,15-13-17-9-5-3-6-10-17)16-14-18-11-7-4-8-12-18/h3-12H,13-16H2,1-2H3. The van der Waals surface area contributed by atoms with Gasteiger partial charge in [0, 0.05) is 7.11 Å². The summed E-state index contributed by atoms with van der Waals surface area (Å²) in [6.45, 7) is 2.36. The van der Waals surface area contributed by atoms with E-state index in [1.165, 1.54) is 23.2 Å². The van der Waals surface area contributed by atoms with Crippen LogP contribution < -0.4 is 0 Å². The van der Waals surface area contributed by atoms with Gasteiger partial charge in [0.25, 0.3) is 0 Å². The van der Waals surface area contributed by atoms with Crippen molar-refractivity contribution in [3.8, 4) is 0 Å². The highest BCUT2D eigenvalue weighted by molar-refractivity contribution is 6.72. The maximum atomic E-state index is 5.92. The molecule has 0 saturated carbocycles. The first-order valence-electron chi connectivity index (χ1n) is 7.35. The molecule has 1 nitrogen and oxygen atoms in total. The zero-order valence-corrected chi connectivity index (χ0v) is 13.5. The van der Waals surface area contributed by atoms with Crippen molar-refractivity contribution in [3.05, 3.63) is 71.8 Å². The van der Waals surface area contributed by atoms with Crippen molar-refractivity contribution in [2.24, 2.45) is 0 Å². The summed E-state index contributed by atoms with van der Waals surface area (Å²) >= 11 is 0. The van der Waals surface area contributed by atoms with E-state index >= 15 is 0 Å². The van der Waals surface area contributed by atoms with Crippen molar-refractivity contribution in [2.75, 3.05) is 7.11 Å². The Balaban J connectivity index is 1.88. The predicted molar refractivity (Wildman–Crippen MR) is 88.5 cm³/mol. The number of hydrogen-bond acceptors (Lipinski definition) is 1. The lowest BCUT2D eigenvalue weighted by Crippen LogP contribution is -2.34. The SMILES string of the molecule is CO[Si](C)(CCc1ccccc1)CCc1ccccc1. The fourth-order valence-electron chi connectivity index (χ4n) is 2.44. The van der Waals surface area contributed by atoms with Gasteiger partial charge in [-0.1, -0.05) is 60.7 Å². The molecule has 0 heterocycles. The van der Waals surface area contributed by atoms with E-state index in [0.717, 1.165) is 12.8 Å². The van der Waals surface area contributed by atoms with Crippen molar-refractivity contribution < 1.29 is 4.43 Å². The average Bonchev–Trinajstić information content (AvgIpc) is 2.53. The van der Waals surface area contributed by atoms with Crippen molar-refractivity contribution in [1.82, 2.24) is 0 Å². The van der Waals surface area contributed by atoms with Gasteiger partial charge in [0.2, 0.25) is 0 Å². The maximum Gasteiger partial charge on any atom is 0.189 e. The molecule has 0 aliphatic rings. The molecule has 0 bridgehead atoms. The summed E-state index contributed by atoms with van der Waals surface area (Å²) in [5.41, 5.74) is 2.84. The van der Waals surface area contributed by atoms with Gasteiger partial charge in [0.1, 0.15) is 0 Å². The molecule has 0 aromatic heterocycles. The summed E-state index contributed by atoms with van der Waals surface area (Å²) < 4.78 is 5.92. The predicted octanol–water partition coefficient (Wildman–Crippen LogP) is 4.69. The molecule has 2 rings (SSSR count). The Hall–Kier alpha value is -1.38. The van der Waals surface area contributed by atoms with E-state index in [2.05, 4.69) is 67.2 Å². The molecule has 2 aromatic rings. The second kappa shape index (κ2) is 7.41. The molecular weight excluding hydrogens is 260 g/mol. The minimum atomic E-state index is -1.59. The van der Waals surface area contributed by atoms with E-state index in [-0.39, 0.29) is 0 Å². The molecule has 20 heavy (non-hydrogen) atoms. The molecule has 0 unspecified atom stereocenters. The van der Waals surface area contributed by atoms with Crippen LogP contribution >= 0.6 is 0 Å². The van der Waals surface area contributed by atoms with Crippen molar-refractivity contribution >= 4 is 8.32 Å². The normalized spacial score (nSPS) is 11.5. The first kappa shape index (κ1) is 15.0. The largest absolute Gasteiger partial charge is 0.420 e. The Labute approximate surface area is 123 Å². The molecule has 0 N–H and O–H groups in total. The second-order valence-corrected chi connectivity index (χ2v) is 9.93. The summed E-state index contributed by atoms with van der Waals surface area (Å²) in [6.07, 6.45) is 2.26. The molecular formula is C18H24OSi. The lowest BCUT2D eigenvalue weighted by molar-refractivity contribution is 0.395. The van der Waals surface area contributed by atoms with E-state index in [9.17, 15) is 0 Å². The van der Waals surface area contributed by atoms with E-state index in [1.54, 1.807) is 0 Å². The zero-order chi connectivity index (χ0) is 14.3. The molecule has 0 saturated heterocycles. The summed E-state index contributed by atoms with van der Waals surface area (Å²) in [5, 5.41) is 0. The Morgan fingerprint density at radius 3 is 1.50 bits per heavy atom. The van der Waals surface area contributed by atoms with Crippen LogP contribution in [-0.4, -0.2) is 15.4 Å². The van der Waals surface area contributed by atoms with Crippen molar-refractivity contribution in [1.29, 1.82) is 0 Å². The quantitative estimate of drug-likeness (QED) is 0.670. The van der Waals surface area contributed by atoms with E-state index in [0.29, 0.717) is 0 Å². The highest BCUT2D eigenvalue weighted by Crippen LogP contribution is 2.22. The molecule has 2 aromatic carbocycles. The molecule has 0 spiro atoms. The molecule has 0 amide bonds. The van der Waals surface area contributed by atoms with Gasteiger partial charge in [0.15, 0.2) is 8.32 Å². The molecule has 2 heteroatoms. The topological polar surface area (TPSA) is 9.23 Å². The van der Waals surface area contributed by atoms with E-state index in [1.807, 2.05) is 7.11 Å². The molecule has 0 radical (unpaired) electrons. The highest BCUT2D eigenvalue weighted by Gasteiger charge is 2.26. The van der Waals surface area contributed by atoms with Crippen LogP contribution in [0.15, 0.2) is 60.7 Å². The van der Waals surface area contributed by atoms with Gasteiger partial charge in [-0.3, -0.25) is 0 Å². The Morgan fingerprint density at radius 2 is 1.15 bits per heavy atom. The highest BCUT2D eigenvalue weighted by atomic mass is 28.4. The van der Waals surface area contributed by atoms with Crippen LogP contribution in [0.25, 0.3) is 0 Å². The van der Waals surface area contributed by atoms with Gasteiger partial charge in [-0.25, -0.2) is 0 Å². The maximum absolute atomic E-state index is 5.92. The lowest BCUT2D eigenvalue weighted by atomic mass is 10.2. The fraction of sp³-hybridized carbons (Fsp3) is 0.333. The smallest absolute Gasteiger partial charge is 0.189 e. The first-order chi connectivity index (χ1) is 9.72. The fourth-order valence-corrected chi connectivity index (χ4v) is 4.73. The van der Waals surface area contributed by atoms with Crippen LogP contribution in [0.1, 0.15) is 11.1 Å². The third kappa shape index (κ3) is 4.62. The van der Waals surface area contributed by atoms with Gasteiger partial charge in [-0.05, 0) is 42.6 Å². The Kier molecular flexibility index (Phi) is 5.56. The number of hydrogen-bond donors (Lipinski definition) is 0. The summed E-state index contributed by atoms with van der Waals surface area (Å²) in [5.74, 6) is 0. The van der Waals surface area contributed by atoms with Crippen LogP contribution in [-0.2, 0) is 17.3 Å². The molecule has 0 fully saturated rings. The Morgan fingerprint density at radius 1 is 0.750 bits per heavy atom. The first-order valence-corrected chi connectivity index (χ1v) is 10.2. The number of benzene rings is 2. The summed E-state index contributed by atoms with van der Waals surface area (Å²) in [7, 11) is 0.302. The van der Waals surface area contributed by atoms with Crippen LogP contribution in [0.2, 0.25) is 18.6 Å². The van der Waals surface area contributed by atoms with Gasteiger partial charge in [0.05, 0.1) is 0 Å². The van der Waals surface area contributed by atoms with Gasteiger partial charge >= 0.3 is 0 Å². The lowest BCUT2D eigenvalue weighted by Gasteiger charge is -2.25. The molecule has 0 aliphatic carbocycles. The van der Waals surface area contributed by atoms with Crippen LogP contribution in [0.3, 0.4) is 0 Å². The van der Waals surface area contributed by atoms with E-state index < -0.39 is 8.32 Å². The molecule has 106 valence electrons. The second-order valence-electron chi connectivity index (χ2n) is 5.63. The zero-order valence-electron chi connectivity index (χ0n) is 12.5. The number of aryl methyl sites for hydroxylation is 2. The Bertz CT molecular complexity index is 452. The third-order valence-electron chi connectivity index (χ3n) is 4.06. The van der Waals surface area contributed by atoms with Crippen LogP contribution in [0, 0.1) is 0 Å². The van der Waals surface area contributed by atoms with Crippen LogP contribution in [0.5, 0.6) is 0 Å². The number of rotatable bonds is 7. The van der Waals surface area contributed by atoms with E-state index in [4.69, 9.17) is 4.43 Å². The van der Waals surface area contributed by atoms with Gasteiger partial charge in [-0.15, -0.1) is 0 Å². The average molecular weight is 284 g/mol. The third-order valence-corrected chi connectivity index (χ3v) is 7.66. The van der Waals surface area contributed by atoms with Crippen molar-refractivity contribution in [2.45, 2.75) is 31.5 Å². The summed E-state index contributed by atoms with van der Waals surface area (Å²) in [4.78, 5) is 0. The molecule has 0 aliphatic heterocycles. The minimum absolute atomic E-state index is 1.13. The van der Waals surface area contributed by atoms with Crippen LogP contribution in [0.4, 0.5) is 0 Å². The minimum Gasteiger partial charge on any atom is -0.420 e. The van der Waals surface area contributed by atoms with Gasteiger partial charge < -0.3 is 4.43 Å². The monoisotopic (exact) mass is 284 g/mol. The van der Waals surface area contributed by atoms with Gasteiger partial charge in [-0.2, -0.15) is 0 Å². The van der Waals surface area contributed by atoms with Crippen molar-refractivity contribution in [3.63, 3.8) is 0 Å². The summed E-state index contributed by atoms with van der Waals surface area (Å²) in [6, 6.07) is 23.8.